The van der Waals surface area contributed by atoms with E-state index < -0.39 is 11.9 Å². The molecule has 0 radical (unpaired) electrons. The highest BCUT2D eigenvalue weighted by molar-refractivity contribution is 6.31. The second-order valence-electron chi connectivity index (χ2n) is 6.51. The molecule has 4 nitrogen and oxygen atoms in total. The first kappa shape index (κ1) is 18.2. The molecule has 6 heteroatoms. The summed E-state index contributed by atoms with van der Waals surface area (Å²) in [6.07, 6.45) is 3.27. The number of hydrogen-bond acceptors (Lipinski definition) is 4. The van der Waals surface area contributed by atoms with Crippen molar-refractivity contribution in [3.63, 3.8) is 0 Å². The molecule has 0 spiro atoms. The van der Waals surface area contributed by atoms with Crippen LogP contribution in [0.15, 0.2) is 67.0 Å². The van der Waals surface area contributed by atoms with Crippen molar-refractivity contribution in [2.45, 2.75) is 13.0 Å². The van der Waals surface area contributed by atoms with Crippen LogP contribution in [-0.2, 0) is 0 Å². The second kappa shape index (κ2) is 7.44. The van der Waals surface area contributed by atoms with Gasteiger partial charge in [0.25, 0.3) is 0 Å². The zero-order valence-corrected chi connectivity index (χ0v) is 15.8. The first-order valence-electron chi connectivity index (χ1n) is 8.74. The number of phenols is 1. The minimum Gasteiger partial charge on any atom is -0.505 e. The fraction of sp³-hybridized carbons (Fsp3) is 0.0909. The van der Waals surface area contributed by atoms with Crippen molar-refractivity contribution in [2.75, 3.05) is 5.32 Å². The number of fused-ring (bicyclic) bond motifs is 1. The minimum atomic E-state index is -0.755. The highest BCUT2D eigenvalue weighted by Gasteiger charge is 2.25. The van der Waals surface area contributed by atoms with Crippen molar-refractivity contribution in [2.24, 2.45) is 0 Å². The molecule has 0 aliphatic rings. The molecule has 0 saturated heterocycles. The highest BCUT2D eigenvalue weighted by Crippen LogP contribution is 2.39. The minimum absolute atomic E-state index is 0.0254. The molecule has 28 heavy (non-hydrogen) atoms. The third-order valence-corrected chi connectivity index (χ3v) is 4.92. The van der Waals surface area contributed by atoms with Gasteiger partial charge in [0.2, 0.25) is 0 Å². The van der Waals surface area contributed by atoms with Gasteiger partial charge in [0.15, 0.2) is 0 Å². The average molecular weight is 394 g/mol. The van der Waals surface area contributed by atoms with Gasteiger partial charge in [0, 0.05) is 33.9 Å². The molecule has 2 aromatic heterocycles. The predicted octanol–water partition coefficient (Wildman–Crippen LogP) is 5.64. The Labute approximate surface area is 166 Å². The highest BCUT2D eigenvalue weighted by atomic mass is 35.5. The maximum Gasteiger partial charge on any atom is 0.147 e. The summed E-state index contributed by atoms with van der Waals surface area (Å²) >= 11 is 6.34. The van der Waals surface area contributed by atoms with Crippen LogP contribution < -0.4 is 5.32 Å². The molecule has 2 N–H and O–H groups in total. The lowest BCUT2D eigenvalue weighted by Crippen LogP contribution is -2.16. The van der Waals surface area contributed by atoms with E-state index in [1.54, 1.807) is 36.7 Å². The predicted molar refractivity (Wildman–Crippen MR) is 109 cm³/mol. The number of hydrogen-bond donors (Lipinski definition) is 2. The third kappa shape index (κ3) is 3.37. The number of aromatic nitrogens is 2. The van der Waals surface area contributed by atoms with Gasteiger partial charge in [-0.05, 0) is 42.8 Å². The quantitative estimate of drug-likeness (QED) is 0.471. The molecule has 2 aromatic carbocycles. The maximum absolute atomic E-state index is 14.8. The molecule has 0 amide bonds. The number of benzene rings is 2. The monoisotopic (exact) mass is 393 g/mol. The number of aromatic hydroxyl groups is 1. The number of aryl methyl sites for hydroxylation is 1. The van der Waals surface area contributed by atoms with Gasteiger partial charge < -0.3 is 10.4 Å². The van der Waals surface area contributed by atoms with Gasteiger partial charge >= 0.3 is 0 Å². The molecule has 0 aliphatic heterocycles. The molecule has 140 valence electrons. The van der Waals surface area contributed by atoms with E-state index in [2.05, 4.69) is 15.3 Å². The Morgan fingerprint density at radius 2 is 1.89 bits per heavy atom. The number of rotatable bonds is 4. The second-order valence-corrected chi connectivity index (χ2v) is 6.92. The van der Waals surface area contributed by atoms with Crippen molar-refractivity contribution in [1.29, 1.82) is 0 Å². The van der Waals surface area contributed by atoms with Gasteiger partial charge in [-0.25, -0.2) is 9.37 Å². The van der Waals surface area contributed by atoms with Crippen molar-refractivity contribution in [3.05, 3.63) is 94.5 Å². The van der Waals surface area contributed by atoms with Crippen LogP contribution in [-0.4, -0.2) is 15.1 Å². The van der Waals surface area contributed by atoms with E-state index in [9.17, 15) is 9.50 Å². The Morgan fingerprint density at radius 3 is 2.68 bits per heavy atom. The zero-order valence-electron chi connectivity index (χ0n) is 15.0. The summed E-state index contributed by atoms with van der Waals surface area (Å²) in [5.41, 5.74) is 2.14. The summed E-state index contributed by atoms with van der Waals surface area (Å²) in [5.74, 6) is 0.0468. The topological polar surface area (TPSA) is 58.0 Å². The summed E-state index contributed by atoms with van der Waals surface area (Å²) in [5, 5.41) is 15.2. The normalized spacial score (nSPS) is 12.1. The summed E-state index contributed by atoms with van der Waals surface area (Å²) in [6, 6.07) is 14.7. The molecular formula is C22H17ClFN3O. The van der Waals surface area contributed by atoms with E-state index in [1.807, 2.05) is 31.2 Å². The van der Waals surface area contributed by atoms with Crippen molar-refractivity contribution in [1.82, 2.24) is 9.97 Å². The van der Waals surface area contributed by atoms with Gasteiger partial charge in [-0.15, -0.1) is 0 Å². The van der Waals surface area contributed by atoms with Crippen LogP contribution in [0.25, 0.3) is 10.9 Å². The van der Waals surface area contributed by atoms with E-state index >= 15 is 0 Å². The molecule has 0 aliphatic carbocycles. The molecular weight excluding hydrogens is 377 g/mol. The van der Waals surface area contributed by atoms with Crippen LogP contribution in [0, 0.1) is 12.7 Å². The van der Waals surface area contributed by atoms with E-state index in [0.29, 0.717) is 16.9 Å². The Hall–Kier alpha value is -3.18. The van der Waals surface area contributed by atoms with Gasteiger partial charge in [0.1, 0.15) is 22.9 Å². The van der Waals surface area contributed by atoms with E-state index in [1.165, 1.54) is 6.07 Å². The van der Waals surface area contributed by atoms with Gasteiger partial charge in [-0.1, -0.05) is 35.9 Å². The fourth-order valence-corrected chi connectivity index (χ4v) is 3.51. The molecule has 0 saturated carbocycles. The lowest BCUT2D eigenvalue weighted by atomic mass is 9.95. The van der Waals surface area contributed by atoms with Crippen molar-refractivity contribution >= 4 is 28.3 Å². The Balaban J connectivity index is 1.92. The molecule has 2 heterocycles. The SMILES string of the molecule is Cc1ccnc(N[C@H](c2ccc3cccnc3c2O)c2c(F)cccc2Cl)c1. The number of halogens is 2. The number of nitrogens with one attached hydrogen (secondary N) is 1. The van der Waals surface area contributed by atoms with Crippen LogP contribution in [0.1, 0.15) is 22.7 Å². The third-order valence-electron chi connectivity index (χ3n) is 4.59. The zero-order chi connectivity index (χ0) is 19.7. The summed E-state index contributed by atoms with van der Waals surface area (Å²) < 4.78 is 14.8. The van der Waals surface area contributed by atoms with Crippen molar-refractivity contribution < 1.29 is 9.50 Å². The van der Waals surface area contributed by atoms with Crippen LogP contribution >= 0.6 is 11.6 Å². The molecule has 0 bridgehead atoms. The molecule has 4 rings (SSSR count). The Morgan fingerprint density at radius 1 is 1.04 bits per heavy atom. The largest absolute Gasteiger partial charge is 0.505 e. The molecule has 4 aromatic rings. The van der Waals surface area contributed by atoms with Crippen LogP contribution in [0.4, 0.5) is 10.2 Å². The summed E-state index contributed by atoms with van der Waals surface area (Å²) in [6.45, 7) is 1.94. The van der Waals surface area contributed by atoms with Crippen LogP contribution in [0.5, 0.6) is 5.75 Å². The Kier molecular flexibility index (Phi) is 4.84. The number of pyridine rings is 2. The standard InChI is InChI=1S/C22H17ClFN3O/c1-13-9-11-25-18(12-13)27-21(19-16(23)5-2-6-17(19)24)15-8-7-14-4-3-10-26-20(14)22(15)28/h2-12,21,28H,1H3,(H,25,27)/t21-/m1/s1. The smallest absolute Gasteiger partial charge is 0.147 e. The van der Waals surface area contributed by atoms with E-state index in [-0.39, 0.29) is 16.3 Å². The van der Waals surface area contributed by atoms with Crippen LogP contribution in [0.2, 0.25) is 5.02 Å². The first-order chi connectivity index (χ1) is 13.5. The van der Waals surface area contributed by atoms with Gasteiger partial charge in [0.05, 0.1) is 6.04 Å². The number of anilines is 1. The van der Waals surface area contributed by atoms with Gasteiger partial charge in [-0.3, -0.25) is 4.98 Å². The summed E-state index contributed by atoms with van der Waals surface area (Å²) in [4.78, 5) is 8.57. The number of nitrogens with zero attached hydrogens (tertiary/aromatic N) is 2. The lowest BCUT2D eigenvalue weighted by Gasteiger charge is -2.23. The van der Waals surface area contributed by atoms with Crippen LogP contribution in [0.3, 0.4) is 0 Å². The van der Waals surface area contributed by atoms with Crippen molar-refractivity contribution in [3.8, 4) is 5.75 Å². The molecule has 0 unspecified atom stereocenters. The first-order valence-corrected chi connectivity index (χ1v) is 9.12. The van der Waals surface area contributed by atoms with E-state index in [4.69, 9.17) is 11.6 Å². The Bertz CT molecular complexity index is 1150. The van der Waals surface area contributed by atoms with Gasteiger partial charge in [-0.2, -0.15) is 0 Å². The maximum atomic E-state index is 14.8. The average Bonchev–Trinajstić information content (AvgIpc) is 2.68. The molecule has 1 atom stereocenters. The van der Waals surface area contributed by atoms with E-state index in [0.717, 1.165) is 10.9 Å². The summed E-state index contributed by atoms with van der Waals surface area (Å²) in [7, 11) is 0. The fourth-order valence-electron chi connectivity index (χ4n) is 3.23. The molecule has 0 fully saturated rings. The lowest BCUT2D eigenvalue weighted by molar-refractivity contribution is 0.471. The number of phenolic OH excluding ortho intramolecular Hbond substituents is 1.